The second kappa shape index (κ2) is 7.99. The molecule has 5 nitrogen and oxygen atoms in total. The molecule has 0 aliphatic carbocycles. The number of aromatic nitrogens is 2. The Kier molecular flexibility index (Phi) is 5.10. The predicted molar refractivity (Wildman–Crippen MR) is 107 cm³/mol. The smallest absolute Gasteiger partial charge is 0.229 e. The molecule has 0 bridgehead atoms. The van der Waals surface area contributed by atoms with Crippen molar-refractivity contribution in [1.82, 2.24) is 9.97 Å². The van der Waals surface area contributed by atoms with Crippen molar-refractivity contribution in [3.8, 4) is 11.1 Å². The Bertz CT molecular complexity index is 881. The van der Waals surface area contributed by atoms with Crippen molar-refractivity contribution in [3.05, 3.63) is 73.1 Å². The number of nitrogens with one attached hydrogen (secondary N) is 1. The monoisotopic (exact) mass is 358 g/mol. The lowest BCUT2D eigenvalue weighted by Gasteiger charge is -2.32. The van der Waals surface area contributed by atoms with E-state index in [0.717, 1.165) is 36.2 Å². The minimum absolute atomic E-state index is 0.0589. The van der Waals surface area contributed by atoms with Crippen LogP contribution in [0.2, 0.25) is 0 Å². The summed E-state index contributed by atoms with van der Waals surface area (Å²) in [6.07, 6.45) is 5.55. The Morgan fingerprint density at radius 3 is 2.30 bits per heavy atom. The Morgan fingerprint density at radius 1 is 0.926 bits per heavy atom. The molecule has 0 spiro atoms. The van der Waals surface area contributed by atoms with E-state index in [1.807, 2.05) is 73.1 Å². The normalized spacial score (nSPS) is 16.7. The van der Waals surface area contributed by atoms with E-state index in [0.29, 0.717) is 12.5 Å². The van der Waals surface area contributed by atoms with Crippen molar-refractivity contribution < 1.29 is 4.79 Å². The number of amides is 1. The van der Waals surface area contributed by atoms with Crippen molar-refractivity contribution in [2.24, 2.45) is 5.92 Å². The highest BCUT2D eigenvalue weighted by molar-refractivity contribution is 5.93. The molecule has 1 amide bonds. The van der Waals surface area contributed by atoms with E-state index in [1.165, 1.54) is 0 Å². The second-order valence-electron chi connectivity index (χ2n) is 6.78. The largest absolute Gasteiger partial charge is 0.340 e. The number of piperidine rings is 1. The number of nitrogens with zero attached hydrogens (tertiary/aromatic N) is 3. The van der Waals surface area contributed by atoms with Gasteiger partial charge in [0.2, 0.25) is 11.9 Å². The highest BCUT2D eigenvalue weighted by atomic mass is 16.1. The van der Waals surface area contributed by atoms with Gasteiger partial charge in [-0.05, 0) is 30.5 Å². The van der Waals surface area contributed by atoms with E-state index in [9.17, 15) is 4.79 Å². The van der Waals surface area contributed by atoms with Gasteiger partial charge in [0.1, 0.15) is 0 Å². The first-order chi connectivity index (χ1) is 13.3. The molecule has 3 aromatic rings. The molecule has 2 heterocycles. The summed E-state index contributed by atoms with van der Waals surface area (Å²) in [5.74, 6) is 0.690. The highest BCUT2D eigenvalue weighted by Gasteiger charge is 2.27. The van der Waals surface area contributed by atoms with Crippen molar-refractivity contribution in [2.75, 3.05) is 23.3 Å². The average molecular weight is 358 g/mol. The average Bonchev–Trinajstić information content (AvgIpc) is 2.75. The van der Waals surface area contributed by atoms with Crippen LogP contribution in [0.1, 0.15) is 12.8 Å². The number of para-hydroxylation sites is 1. The van der Waals surface area contributed by atoms with Crippen molar-refractivity contribution in [1.29, 1.82) is 0 Å². The Hall–Kier alpha value is -3.21. The summed E-state index contributed by atoms with van der Waals surface area (Å²) in [7, 11) is 0. The van der Waals surface area contributed by atoms with Crippen LogP contribution in [0.3, 0.4) is 0 Å². The molecule has 5 heteroatoms. The van der Waals surface area contributed by atoms with Crippen LogP contribution in [0.5, 0.6) is 0 Å². The Morgan fingerprint density at radius 2 is 1.59 bits per heavy atom. The van der Waals surface area contributed by atoms with Crippen LogP contribution in [-0.4, -0.2) is 29.0 Å². The van der Waals surface area contributed by atoms with Gasteiger partial charge >= 0.3 is 0 Å². The Labute approximate surface area is 159 Å². The number of benzene rings is 2. The van der Waals surface area contributed by atoms with E-state index in [2.05, 4.69) is 20.2 Å². The van der Waals surface area contributed by atoms with E-state index in [-0.39, 0.29) is 11.8 Å². The molecule has 0 radical (unpaired) electrons. The third kappa shape index (κ3) is 4.14. The van der Waals surface area contributed by atoms with Crippen LogP contribution in [-0.2, 0) is 4.79 Å². The fourth-order valence-corrected chi connectivity index (χ4v) is 3.40. The van der Waals surface area contributed by atoms with E-state index >= 15 is 0 Å². The zero-order valence-corrected chi connectivity index (χ0v) is 15.1. The standard InChI is InChI=1S/C22H22N4O/c27-21(25-20-11-5-2-6-12-20)18-10-7-13-26(16-18)22-23-14-19(15-24-22)17-8-3-1-4-9-17/h1-6,8-9,11-12,14-15,18H,7,10,13,16H2,(H,25,27). The summed E-state index contributed by atoms with van der Waals surface area (Å²) in [6, 6.07) is 19.7. The summed E-state index contributed by atoms with van der Waals surface area (Å²) in [4.78, 5) is 23.8. The summed E-state index contributed by atoms with van der Waals surface area (Å²) >= 11 is 0. The zero-order valence-electron chi connectivity index (χ0n) is 15.1. The number of carbonyl (C=O) groups is 1. The molecule has 1 atom stereocenters. The van der Waals surface area contributed by atoms with E-state index in [4.69, 9.17) is 0 Å². The van der Waals surface area contributed by atoms with Gasteiger partial charge in [-0.1, -0.05) is 48.5 Å². The first-order valence-corrected chi connectivity index (χ1v) is 9.28. The lowest BCUT2D eigenvalue weighted by Crippen LogP contribution is -2.41. The van der Waals surface area contributed by atoms with Crippen LogP contribution in [0.15, 0.2) is 73.1 Å². The maximum Gasteiger partial charge on any atom is 0.229 e. The topological polar surface area (TPSA) is 58.1 Å². The van der Waals surface area contributed by atoms with Gasteiger partial charge in [0.15, 0.2) is 0 Å². The Balaban J connectivity index is 1.43. The molecule has 1 saturated heterocycles. The highest BCUT2D eigenvalue weighted by Crippen LogP contribution is 2.23. The first kappa shape index (κ1) is 17.2. The van der Waals surface area contributed by atoms with Crippen LogP contribution in [0.25, 0.3) is 11.1 Å². The number of rotatable bonds is 4. The molecular formula is C22H22N4O. The molecule has 136 valence electrons. The third-order valence-electron chi connectivity index (χ3n) is 4.86. The molecule has 1 fully saturated rings. The van der Waals surface area contributed by atoms with Crippen LogP contribution in [0.4, 0.5) is 11.6 Å². The quantitative estimate of drug-likeness (QED) is 0.766. The van der Waals surface area contributed by atoms with Gasteiger partial charge in [0, 0.05) is 36.7 Å². The molecule has 27 heavy (non-hydrogen) atoms. The fraction of sp³-hybridized carbons (Fsp3) is 0.227. The summed E-state index contributed by atoms with van der Waals surface area (Å²) in [6.45, 7) is 1.52. The molecule has 1 aliphatic rings. The van der Waals surface area contributed by atoms with E-state index < -0.39 is 0 Å². The SMILES string of the molecule is O=C(Nc1ccccc1)C1CCCN(c2ncc(-c3ccccc3)cn2)C1. The number of hydrogen-bond donors (Lipinski definition) is 1. The lowest BCUT2D eigenvalue weighted by molar-refractivity contribution is -0.120. The molecule has 2 aromatic carbocycles. The van der Waals surface area contributed by atoms with Crippen molar-refractivity contribution in [2.45, 2.75) is 12.8 Å². The maximum atomic E-state index is 12.6. The third-order valence-corrected chi connectivity index (χ3v) is 4.86. The van der Waals surface area contributed by atoms with Gasteiger partial charge in [0.25, 0.3) is 0 Å². The summed E-state index contributed by atoms with van der Waals surface area (Å²) in [5.41, 5.74) is 2.93. The van der Waals surface area contributed by atoms with Gasteiger partial charge < -0.3 is 10.2 Å². The second-order valence-corrected chi connectivity index (χ2v) is 6.78. The van der Waals surface area contributed by atoms with Gasteiger partial charge in [-0.3, -0.25) is 4.79 Å². The predicted octanol–water partition coefficient (Wildman–Crippen LogP) is 4.00. The van der Waals surface area contributed by atoms with Crippen molar-refractivity contribution in [3.63, 3.8) is 0 Å². The number of hydrogen-bond acceptors (Lipinski definition) is 4. The van der Waals surface area contributed by atoms with Gasteiger partial charge in [0.05, 0.1) is 5.92 Å². The van der Waals surface area contributed by atoms with E-state index in [1.54, 1.807) is 0 Å². The minimum atomic E-state index is -0.0589. The van der Waals surface area contributed by atoms with Crippen LogP contribution in [0, 0.1) is 5.92 Å². The van der Waals surface area contributed by atoms with Crippen LogP contribution < -0.4 is 10.2 Å². The van der Waals surface area contributed by atoms with Crippen LogP contribution >= 0.6 is 0 Å². The van der Waals surface area contributed by atoms with Crippen molar-refractivity contribution >= 4 is 17.5 Å². The van der Waals surface area contributed by atoms with Gasteiger partial charge in [-0.15, -0.1) is 0 Å². The molecule has 0 saturated carbocycles. The molecule has 1 aliphatic heterocycles. The molecule has 1 N–H and O–H groups in total. The number of carbonyl (C=O) groups excluding carboxylic acids is 1. The molecule has 1 aromatic heterocycles. The molecular weight excluding hydrogens is 336 g/mol. The first-order valence-electron chi connectivity index (χ1n) is 9.28. The zero-order chi connectivity index (χ0) is 18.5. The fourth-order valence-electron chi connectivity index (χ4n) is 3.40. The molecule has 1 unspecified atom stereocenters. The summed E-state index contributed by atoms with van der Waals surface area (Å²) in [5, 5.41) is 3.01. The maximum absolute atomic E-state index is 12.6. The number of anilines is 2. The lowest BCUT2D eigenvalue weighted by atomic mass is 9.97. The molecule has 4 rings (SSSR count). The van der Waals surface area contributed by atoms with Gasteiger partial charge in [-0.2, -0.15) is 0 Å². The summed E-state index contributed by atoms with van der Waals surface area (Å²) < 4.78 is 0. The van der Waals surface area contributed by atoms with Gasteiger partial charge in [-0.25, -0.2) is 9.97 Å². The minimum Gasteiger partial charge on any atom is -0.340 e.